The van der Waals surface area contributed by atoms with Crippen molar-refractivity contribution in [2.45, 2.75) is 25.3 Å². The minimum absolute atomic E-state index is 0.00920. The summed E-state index contributed by atoms with van der Waals surface area (Å²) in [6.07, 6.45) is 11.6. The number of hydrogen-bond donors (Lipinski definition) is 3. The maximum Gasteiger partial charge on any atom is 0.256 e. The van der Waals surface area contributed by atoms with Gasteiger partial charge < -0.3 is 21.7 Å². The Morgan fingerprint density at radius 3 is 2.51 bits per heavy atom. The molecule has 0 saturated carbocycles. The van der Waals surface area contributed by atoms with Gasteiger partial charge in [-0.05, 0) is 43.5 Å². The second-order valence-corrected chi connectivity index (χ2v) is 11.5. The van der Waals surface area contributed by atoms with Gasteiger partial charge in [-0.1, -0.05) is 24.3 Å². The number of nitrogens with zero attached hydrogens (tertiary/aromatic N) is 7. The van der Waals surface area contributed by atoms with E-state index in [9.17, 15) is 9.59 Å². The monoisotopic (exact) mass is 608 g/mol. The Bertz CT molecular complexity index is 1650. The zero-order chi connectivity index (χ0) is 31.2. The number of aromatic nitrogens is 4. The van der Waals surface area contributed by atoms with Crippen LogP contribution in [0.1, 0.15) is 41.5 Å². The van der Waals surface area contributed by atoms with Gasteiger partial charge in [-0.15, -0.1) is 0 Å². The number of nitrogens with two attached hydrogens (primary N) is 2. The van der Waals surface area contributed by atoms with Crippen LogP contribution in [-0.4, -0.2) is 98.2 Å². The average molecular weight is 609 g/mol. The van der Waals surface area contributed by atoms with Crippen LogP contribution in [0.2, 0.25) is 0 Å². The Morgan fingerprint density at radius 1 is 0.956 bits per heavy atom. The maximum absolute atomic E-state index is 13.6. The fourth-order valence-electron chi connectivity index (χ4n) is 6.17. The van der Waals surface area contributed by atoms with Crippen molar-refractivity contribution in [3.8, 4) is 11.3 Å². The van der Waals surface area contributed by atoms with Gasteiger partial charge >= 0.3 is 0 Å². The smallest absolute Gasteiger partial charge is 0.256 e. The Labute approximate surface area is 262 Å². The van der Waals surface area contributed by atoms with Gasteiger partial charge in [0.1, 0.15) is 28.7 Å². The second-order valence-electron chi connectivity index (χ2n) is 11.5. The molecule has 234 valence electrons. The van der Waals surface area contributed by atoms with Crippen molar-refractivity contribution in [3.63, 3.8) is 0 Å². The topological polar surface area (TPSA) is 151 Å². The van der Waals surface area contributed by atoms with E-state index in [0.717, 1.165) is 69.9 Å². The standard InChI is InChI=1S/C33H40N10O2/c34-13-18-41-22-20-40(21-23-41)16-5-8-28(44)42-17-4-2-6-26(42)32-39-29(30-31(35)37-15-19-43(30)32)24-9-11-25(12-10-24)33(45)38-27-7-1-3-14-36-27/h1,3,5,7-12,14-15,19,26H,2,4,6,13,16-18,20-23,34H2,(H2,35,37)(H,36,38,45)/b8-5+/t26-/m0/s1. The number of nitrogens with one attached hydrogen (secondary N) is 1. The number of piperazine rings is 1. The Kier molecular flexibility index (Phi) is 9.44. The highest BCUT2D eigenvalue weighted by Gasteiger charge is 2.31. The molecule has 5 heterocycles. The van der Waals surface area contributed by atoms with Crippen molar-refractivity contribution in [2.75, 3.05) is 63.4 Å². The molecule has 1 aromatic carbocycles. The number of nitrogen functional groups attached to an aromatic ring is 1. The highest BCUT2D eigenvalue weighted by molar-refractivity contribution is 6.04. The molecular weight excluding hydrogens is 568 g/mol. The molecule has 2 aliphatic rings. The fraction of sp³-hybridized carbons (Fsp3) is 0.364. The van der Waals surface area contributed by atoms with E-state index in [4.69, 9.17) is 16.5 Å². The van der Waals surface area contributed by atoms with Crippen LogP contribution >= 0.6 is 0 Å². The number of fused-ring (bicyclic) bond motifs is 1. The lowest BCUT2D eigenvalue weighted by atomic mass is 10.0. The average Bonchev–Trinajstić information content (AvgIpc) is 3.47. The lowest BCUT2D eigenvalue weighted by molar-refractivity contribution is -0.130. The van der Waals surface area contributed by atoms with E-state index in [-0.39, 0.29) is 17.9 Å². The van der Waals surface area contributed by atoms with Crippen LogP contribution in [0.25, 0.3) is 16.8 Å². The van der Waals surface area contributed by atoms with Crippen molar-refractivity contribution in [3.05, 3.63) is 84.6 Å². The number of anilines is 2. The van der Waals surface area contributed by atoms with E-state index >= 15 is 0 Å². The predicted octanol–water partition coefficient (Wildman–Crippen LogP) is 2.81. The summed E-state index contributed by atoms with van der Waals surface area (Å²) in [5.41, 5.74) is 14.7. The van der Waals surface area contributed by atoms with Crippen molar-refractivity contribution < 1.29 is 9.59 Å². The maximum atomic E-state index is 13.6. The fourth-order valence-corrected chi connectivity index (χ4v) is 6.17. The zero-order valence-corrected chi connectivity index (χ0v) is 25.4. The van der Waals surface area contributed by atoms with E-state index in [2.05, 4.69) is 25.1 Å². The van der Waals surface area contributed by atoms with Crippen LogP contribution < -0.4 is 16.8 Å². The van der Waals surface area contributed by atoms with E-state index in [1.165, 1.54) is 0 Å². The van der Waals surface area contributed by atoms with Gasteiger partial charge in [0.25, 0.3) is 5.91 Å². The predicted molar refractivity (Wildman–Crippen MR) is 174 cm³/mol. The van der Waals surface area contributed by atoms with E-state index in [0.29, 0.717) is 41.5 Å². The third-order valence-electron chi connectivity index (χ3n) is 8.56. The molecule has 3 aromatic heterocycles. The van der Waals surface area contributed by atoms with Crippen molar-refractivity contribution in [1.82, 2.24) is 34.1 Å². The minimum atomic E-state index is -0.255. The molecule has 0 bridgehead atoms. The molecule has 45 heavy (non-hydrogen) atoms. The van der Waals surface area contributed by atoms with Crippen LogP contribution in [-0.2, 0) is 4.79 Å². The van der Waals surface area contributed by atoms with Crippen molar-refractivity contribution in [1.29, 1.82) is 0 Å². The first-order valence-electron chi connectivity index (χ1n) is 15.6. The Morgan fingerprint density at radius 2 is 1.76 bits per heavy atom. The first-order valence-corrected chi connectivity index (χ1v) is 15.6. The molecule has 5 N–H and O–H groups in total. The molecule has 0 unspecified atom stereocenters. The number of imidazole rings is 1. The SMILES string of the molecule is NCCN1CCN(C/C=C/C(=O)N2CCCC[C@H]2c2nc(-c3ccc(C(=O)Nc4ccccn4)cc3)c3c(N)nccn23)CC1. The first kappa shape index (κ1) is 30.4. The number of pyridine rings is 1. The number of carbonyl (C=O) groups is 2. The van der Waals surface area contributed by atoms with Crippen LogP contribution in [0, 0.1) is 0 Å². The number of amides is 2. The lowest BCUT2D eigenvalue weighted by Gasteiger charge is -2.35. The van der Waals surface area contributed by atoms with Gasteiger partial charge in [0, 0.05) is 88.2 Å². The highest BCUT2D eigenvalue weighted by atomic mass is 16.2. The van der Waals surface area contributed by atoms with Crippen LogP contribution in [0.15, 0.2) is 73.2 Å². The van der Waals surface area contributed by atoms with Crippen molar-refractivity contribution in [2.24, 2.45) is 5.73 Å². The Hall–Kier alpha value is -4.65. The van der Waals surface area contributed by atoms with Gasteiger partial charge in [-0.25, -0.2) is 15.0 Å². The molecular formula is C33H40N10O2. The van der Waals surface area contributed by atoms with Gasteiger partial charge in [0.05, 0.1) is 6.04 Å². The van der Waals surface area contributed by atoms with E-state index in [1.54, 1.807) is 42.7 Å². The van der Waals surface area contributed by atoms with Gasteiger partial charge in [0.15, 0.2) is 0 Å². The van der Waals surface area contributed by atoms with E-state index in [1.807, 2.05) is 39.8 Å². The Balaban J connectivity index is 1.21. The van der Waals surface area contributed by atoms with Crippen molar-refractivity contribution >= 4 is 29.0 Å². The second kappa shape index (κ2) is 14.0. The molecule has 2 amide bonds. The molecule has 6 rings (SSSR count). The summed E-state index contributed by atoms with van der Waals surface area (Å²) < 4.78 is 1.96. The summed E-state index contributed by atoms with van der Waals surface area (Å²) >= 11 is 0. The number of rotatable bonds is 9. The normalized spacial score (nSPS) is 18.1. The highest BCUT2D eigenvalue weighted by Crippen LogP contribution is 2.36. The third kappa shape index (κ3) is 6.88. The molecule has 0 spiro atoms. The zero-order valence-electron chi connectivity index (χ0n) is 25.4. The quantitative estimate of drug-likeness (QED) is 0.244. The summed E-state index contributed by atoms with van der Waals surface area (Å²) in [6.45, 7) is 6.96. The number of benzene rings is 1. The largest absolute Gasteiger partial charge is 0.382 e. The molecule has 12 heteroatoms. The lowest BCUT2D eigenvalue weighted by Crippen LogP contribution is -2.47. The van der Waals surface area contributed by atoms with Crippen LogP contribution in [0.3, 0.4) is 0 Å². The molecule has 0 radical (unpaired) electrons. The number of hydrogen-bond acceptors (Lipinski definition) is 9. The van der Waals surface area contributed by atoms with Crippen LogP contribution in [0.4, 0.5) is 11.6 Å². The first-order chi connectivity index (χ1) is 22.0. The summed E-state index contributed by atoms with van der Waals surface area (Å²) in [7, 11) is 0. The molecule has 2 aliphatic heterocycles. The minimum Gasteiger partial charge on any atom is -0.382 e. The number of likely N-dealkylation sites (tertiary alicyclic amines) is 1. The summed E-state index contributed by atoms with van der Waals surface area (Å²) in [4.78, 5) is 46.6. The summed E-state index contributed by atoms with van der Waals surface area (Å²) in [5.74, 6) is 1.32. The summed E-state index contributed by atoms with van der Waals surface area (Å²) in [6, 6.07) is 12.4. The molecule has 0 aliphatic carbocycles. The number of carbonyl (C=O) groups excluding carboxylic acids is 2. The number of piperidine rings is 1. The van der Waals surface area contributed by atoms with Gasteiger partial charge in [0.2, 0.25) is 5.91 Å². The summed E-state index contributed by atoms with van der Waals surface area (Å²) in [5, 5.41) is 2.81. The van der Waals surface area contributed by atoms with Crippen LogP contribution in [0.5, 0.6) is 0 Å². The molecule has 12 nitrogen and oxygen atoms in total. The molecule has 1 atom stereocenters. The molecule has 2 fully saturated rings. The third-order valence-corrected chi connectivity index (χ3v) is 8.56. The van der Waals surface area contributed by atoms with E-state index < -0.39 is 0 Å². The molecule has 4 aromatic rings. The van der Waals surface area contributed by atoms with Gasteiger partial charge in [-0.2, -0.15) is 0 Å². The van der Waals surface area contributed by atoms with Gasteiger partial charge in [-0.3, -0.25) is 23.8 Å². The molecule has 2 saturated heterocycles.